The van der Waals surface area contributed by atoms with Crippen LogP contribution in [0.15, 0.2) is 54.2 Å². The molecule has 2 unspecified atom stereocenters. The number of aromatic nitrogens is 2. The van der Waals surface area contributed by atoms with Crippen LogP contribution in [-0.4, -0.2) is 15.9 Å². The molecule has 1 amide bonds. The number of rotatable bonds is 4. The molecule has 0 saturated heterocycles. The molecule has 0 radical (unpaired) electrons. The van der Waals surface area contributed by atoms with Gasteiger partial charge in [0.25, 0.3) is 0 Å². The first-order valence-corrected chi connectivity index (χ1v) is 8.51. The molecule has 2 aromatic heterocycles. The summed E-state index contributed by atoms with van der Waals surface area (Å²) in [7, 11) is 0. The predicted molar refractivity (Wildman–Crippen MR) is 91.2 cm³/mol. The Hall–Kier alpha value is -2.60. The zero-order chi connectivity index (χ0) is 16.5. The third-order valence-corrected chi connectivity index (χ3v) is 4.88. The van der Waals surface area contributed by atoms with Gasteiger partial charge >= 0.3 is 0 Å². The first-order valence-electron chi connectivity index (χ1n) is 7.63. The molecular weight excluding hydrogens is 325 g/mol. The molecule has 2 atom stereocenters. The van der Waals surface area contributed by atoms with E-state index in [1.165, 1.54) is 17.4 Å². The van der Waals surface area contributed by atoms with Gasteiger partial charge in [0.15, 0.2) is 5.13 Å². The van der Waals surface area contributed by atoms with Gasteiger partial charge < -0.3 is 5.32 Å². The number of carbonyl (C=O) groups excluding carboxylic acids is 1. The summed E-state index contributed by atoms with van der Waals surface area (Å²) in [6, 6.07) is 10.4. The number of amides is 1. The van der Waals surface area contributed by atoms with Gasteiger partial charge in [-0.25, -0.2) is 9.37 Å². The molecule has 120 valence electrons. The summed E-state index contributed by atoms with van der Waals surface area (Å²) < 4.78 is 13.8. The summed E-state index contributed by atoms with van der Waals surface area (Å²) >= 11 is 1.37. The van der Waals surface area contributed by atoms with Crippen LogP contribution in [-0.2, 0) is 4.79 Å². The van der Waals surface area contributed by atoms with E-state index in [1.807, 2.05) is 17.5 Å². The predicted octanol–water partition coefficient (Wildman–Crippen LogP) is 4.09. The standard InChI is InChI=1S/C18H14FN3OS/c19-15-6-2-1-5-12(15)13-8-14(13)17(23)22-18-21-16(10-24-18)11-4-3-7-20-9-11/h1-7,9-10,13-14H,8H2,(H,21,22,23). The fourth-order valence-electron chi connectivity index (χ4n) is 2.78. The van der Waals surface area contributed by atoms with E-state index in [-0.39, 0.29) is 23.6 Å². The molecule has 1 aliphatic rings. The molecule has 1 fully saturated rings. The van der Waals surface area contributed by atoms with Gasteiger partial charge in [0.2, 0.25) is 5.91 Å². The van der Waals surface area contributed by atoms with Crippen LogP contribution in [0.3, 0.4) is 0 Å². The van der Waals surface area contributed by atoms with Crippen molar-refractivity contribution in [1.29, 1.82) is 0 Å². The zero-order valence-corrected chi connectivity index (χ0v) is 13.5. The Kier molecular flexibility index (Phi) is 3.82. The van der Waals surface area contributed by atoms with Crippen LogP contribution in [0, 0.1) is 11.7 Å². The second-order valence-corrected chi connectivity index (χ2v) is 6.60. The van der Waals surface area contributed by atoms with Gasteiger partial charge in [0.05, 0.1) is 5.69 Å². The minimum atomic E-state index is -0.245. The Balaban J connectivity index is 1.43. The molecule has 6 heteroatoms. The van der Waals surface area contributed by atoms with Gasteiger partial charge in [0.1, 0.15) is 5.82 Å². The molecule has 4 nitrogen and oxygen atoms in total. The Morgan fingerprint density at radius 3 is 2.92 bits per heavy atom. The summed E-state index contributed by atoms with van der Waals surface area (Å²) in [4.78, 5) is 20.8. The number of anilines is 1. The average molecular weight is 339 g/mol. The summed E-state index contributed by atoms with van der Waals surface area (Å²) in [5, 5.41) is 5.28. The summed E-state index contributed by atoms with van der Waals surface area (Å²) in [6.45, 7) is 0. The maximum Gasteiger partial charge on any atom is 0.229 e. The Bertz CT molecular complexity index is 881. The van der Waals surface area contributed by atoms with Crippen LogP contribution in [0.1, 0.15) is 17.9 Å². The van der Waals surface area contributed by atoms with Crippen molar-refractivity contribution in [3.8, 4) is 11.3 Å². The van der Waals surface area contributed by atoms with Crippen LogP contribution in [0.5, 0.6) is 0 Å². The number of hydrogen-bond donors (Lipinski definition) is 1. The van der Waals surface area contributed by atoms with E-state index in [0.29, 0.717) is 17.1 Å². The van der Waals surface area contributed by atoms with Crippen LogP contribution in [0.4, 0.5) is 9.52 Å². The lowest BCUT2D eigenvalue weighted by molar-refractivity contribution is -0.117. The van der Waals surface area contributed by atoms with Crippen molar-refractivity contribution in [3.05, 3.63) is 65.6 Å². The highest BCUT2D eigenvalue weighted by Crippen LogP contribution is 2.48. The fraction of sp³-hybridized carbons (Fsp3) is 0.167. The van der Waals surface area contributed by atoms with Gasteiger partial charge in [-0.05, 0) is 36.1 Å². The lowest BCUT2D eigenvalue weighted by atomic mass is 10.1. The molecule has 1 aliphatic carbocycles. The van der Waals surface area contributed by atoms with Crippen LogP contribution >= 0.6 is 11.3 Å². The lowest BCUT2D eigenvalue weighted by Gasteiger charge is -2.03. The molecule has 0 bridgehead atoms. The molecule has 2 heterocycles. The van der Waals surface area contributed by atoms with E-state index in [4.69, 9.17) is 0 Å². The highest BCUT2D eigenvalue weighted by atomic mass is 32.1. The number of hydrogen-bond acceptors (Lipinski definition) is 4. The van der Waals surface area contributed by atoms with Gasteiger partial charge in [0, 0.05) is 29.3 Å². The van der Waals surface area contributed by atoms with Crippen molar-refractivity contribution < 1.29 is 9.18 Å². The first-order chi connectivity index (χ1) is 11.7. The van der Waals surface area contributed by atoms with Crippen LogP contribution < -0.4 is 5.32 Å². The average Bonchev–Trinajstić information content (AvgIpc) is 3.27. The summed E-state index contributed by atoms with van der Waals surface area (Å²) in [5.74, 6) is -0.571. The topological polar surface area (TPSA) is 54.9 Å². The van der Waals surface area contributed by atoms with Crippen molar-refractivity contribution >= 4 is 22.4 Å². The van der Waals surface area contributed by atoms with E-state index < -0.39 is 0 Å². The van der Waals surface area contributed by atoms with E-state index in [9.17, 15) is 9.18 Å². The normalized spacial score (nSPS) is 19.0. The molecule has 0 spiro atoms. The number of thiazole rings is 1. The first kappa shape index (κ1) is 15.0. The number of carbonyl (C=O) groups is 1. The van der Waals surface area contributed by atoms with Crippen molar-refractivity contribution in [2.24, 2.45) is 5.92 Å². The number of benzene rings is 1. The van der Waals surface area contributed by atoms with E-state index in [1.54, 1.807) is 30.6 Å². The van der Waals surface area contributed by atoms with Gasteiger partial charge in [-0.2, -0.15) is 0 Å². The zero-order valence-electron chi connectivity index (χ0n) is 12.6. The van der Waals surface area contributed by atoms with Crippen molar-refractivity contribution in [2.45, 2.75) is 12.3 Å². The van der Waals surface area contributed by atoms with Crippen LogP contribution in [0.2, 0.25) is 0 Å². The minimum Gasteiger partial charge on any atom is -0.302 e. The maximum atomic E-state index is 13.8. The van der Waals surface area contributed by atoms with Crippen molar-refractivity contribution in [2.75, 3.05) is 5.32 Å². The number of pyridine rings is 1. The van der Waals surface area contributed by atoms with Crippen molar-refractivity contribution in [3.63, 3.8) is 0 Å². The molecule has 24 heavy (non-hydrogen) atoms. The molecule has 3 aromatic rings. The molecule has 0 aliphatic heterocycles. The number of nitrogens with one attached hydrogen (secondary N) is 1. The lowest BCUT2D eigenvalue weighted by Crippen LogP contribution is -2.14. The Labute approximate surface area is 142 Å². The maximum absolute atomic E-state index is 13.8. The summed E-state index contributed by atoms with van der Waals surface area (Å²) in [6.07, 6.45) is 4.11. The molecule has 1 N–H and O–H groups in total. The largest absolute Gasteiger partial charge is 0.302 e. The minimum absolute atomic E-state index is 0.0380. The van der Waals surface area contributed by atoms with E-state index >= 15 is 0 Å². The fourth-order valence-corrected chi connectivity index (χ4v) is 3.50. The second kappa shape index (κ2) is 6.13. The quantitative estimate of drug-likeness (QED) is 0.779. The SMILES string of the molecule is O=C(Nc1nc(-c2cccnc2)cs1)C1CC1c1ccccc1F. The van der Waals surface area contributed by atoms with Gasteiger partial charge in [-0.1, -0.05) is 18.2 Å². The smallest absolute Gasteiger partial charge is 0.229 e. The number of nitrogens with zero attached hydrogens (tertiary/aromatic N) is 2. The molecule has 4 rings (SSSR count). The van der Waals surface area contributed by atoms with E-state index in [0.717, 1.165) is 11.3 Å². The van der Waals surface area contributed by atoms with E-state index in [2.05, 4.69) is 15.3 Å². The number of halogens is 1. The summed E-state index contributed by atoms with van der Waals surface area (Å²) in [5.41, 5.74) is 2.31. The highest BCUT2D eigenvalue weighted by Gasteiger charge is 2.45. The highest BCUT2D eigenvalue weighted by molar-refractivity contribution is 7.14. The van der Waals surface area contributed by atoms with Gasteiger partial charge in [-0.3, -0.25) is 9.78 Å². The Morgan fingerprint density at radius 1 is 1.25 bits per heavy atom. The van der Waals surface area contributed by atoms with Gasteiger partial charge in [-0.15, -0.1) is 11.3 Å². The Morgan fingerprint density at radius 2 is 2.12 bits per heavy atom. The monoisotopic (exact) mass is 339 g/mol. The molecule has 1 aromatic carbocycles. The van der Waals surface area contributed by atoms with Crippen LogP contribution in [0.25, 0.3) is 11.3 Å². The second-order valence-electron chi connectivity index (χ2n) is 5.74. The third kappa shape index (κ3) is 2.92. The molecule has 1 saturated carbocycles. The molecular formula is C18H14FN3OS. The third-order valence-electron chi connectivity index (χ3n) is 4.12. The van der Waals surface area contributed by atoms with Crippen molar-refractivity contribution in [1.82, 2.24) is 9.97 Å².